The third-order valence-electron chi connectivity index (χ3n) is 3.81. The number of hydrogen-bond donors (Lipinski definition) is 1. The summed E-state index contributed by atoms with van der Waals surface area (Å²) in [6, 6.07) is 8.70. The van der Waals surface area contributed by atoms with Crippen molar-refractivity contribution in [1.29, 1.82) is 0 Å². The van der Waals surface area contributed by atoms with Crippen molar-refractivity contribution in [3.63, 3.8) is 0 Å². The van der Waals surface area contributed by atoms with Crippen LogP contribution < -0.4 is 10.1 Å². The van der Waals surface area contributed by atoms with Crippen molar-refractivity contribution in [2.75, 3.05) is 11.9 Å². The van der Waals surface area contributed by atoms with Crippen molar-refractivity contribution >= 4 is 23.0 Å². The van der Waals surface area contributed by atoms with Gasteiger partial charge in [0.05, 0.1) is 15.9 Å². The highest BCUT2D eigenvalue weighted by molar-refractivity contribution is 5.94. The van der Waals surface area contributed by atoms with E-state index in [0.29, 0.717) is 5.75 Å². The summed E-state index contributed by atoms with van der Waals surface area (Å²) in [5, 5.41) is 24.2. The topological polar surface area (TPSA) is 125 Å². The Morgan fingerprint density at radius 3 is 2.41 bits per heavy atom. The highest BCUT2D eigenvalue weighted by atomic mass is 16.6. The van der Waals surface area contributed by atoms with Crippen LogP contribution in [0.3, 0.4) is 0 Å². The Morgan fingerprint density at radius 2 is 1.81 bits per heavy atom. The SMILES string of the molecule is Cc1ccc(C(C)C)c(OCC(=O)Nc2ccc([N+](=O)[O-])cc2[N+](=O)[O-])c1. The van der Waals surface area contributed by atoms with Gasteiger partial charge in [0.25, 0.3) is 17.3 Å². The van der Waals surface area contributed by atoms with Crippen molar-refractivity contribution in [3.8, 4) is 5.75 Å². The fourth-order valence-electron chi connectivity index (χ4n) is 2.46. The fourth-order valence-corrected chi connectivity index (χ4v) is 2.46. The lowest BCUT2D eigenvalue weighted by Crippen LogP contribution is -2.21. The first kappa shape index (κ1) is 19.8. The zero-order valence-electron chi connectivity index (χ0n) is 15.1. The van der Waals surface area contributed by atoms with Gasteiger partial charge in [0.1, 0.15) is 11.4 Å². The summed E-state index contributed by atoms with van der Waals surface area (Å²) in [6.45, 7) is 5.55. The minimum absolute atomic E-state index is 0.132. The van der Waals surface area contributed by atoms with Crippen LogP contribution in [0.15, 0.2) is 36.4 Å². The summed E-state index contributed by atoms with van der Waals surface area (Å²) in [5.74, 6) is 0.154. The molecule has 0 heterocycles. The average molecular weight is 373 g/mol. The number of benzene rings is 2. The van der Waals surface area contributed by atoms with E-state index in [1.807, 2.05) is 39.0 Å². The summed E-state index contributed by atoms with van der Waals surface area (Å²) >= 11 is 0. The van der Waals surface area contributed by atoms with Gasteiger partial charge in [-0.05, 0) is 36.1 Å². The molecule has 1 amide bonds. The van der Waals surface area contributed by atoms with Gasteiger partial charge in [-0.2, -0.15) is 0 Å². The Balaban J connectivity index is 2.14. The Hall–Kier alpha value is -3.49. The molecule has 142 valence electrons. The largest absolute Gasteiger partial charge is 0.483 e. The molecule has 0 aliphatic heterocycles. The second-order valence-electron chi connectivity index (χ2n) is 6.25. The van der Waals surface area contributed by atoms with E-state index in [0.717, 1.165) is 29.3 Å². The van der Waals surface area contributed by atoms with Crippen molar-refractivity contribution in [2.24, 2.45) is 0 Å². The molecular weight excluding hydrogens is 354 g/mol. The lowest BCUT2D eigenvalue weighted by Gasteiger charge is -2.14. The summed E-state index contributed by atoms with van der Waals surface area (Å²) < 4.78 is 5.59. The first-order valence-electron chi connectivity index (χ1n) is 8.15. The molecule has 2 aromatic carbocycles. The van der Waals surface area contributed by atoms with E-state index in [4.69, 9.17) is 4.74 Å². The van der Waals surface area contributed by atoms with Gasteiger partial charge in [0.15, 0.2) is 6.61 Å². The van der Waals surface area contributed by atoms with Crippen LogP contribution in [0, 0.1) is 27.2 Å². The first-order chi connectivity index (χ1) is 12.7. The second kappa shape index (κ2) is 8.26. The number of nitrogens with one attached hydrogen (secondary N) is 1. The lowest BCUT2D eigenvalue weighted by atomic mass is 10.0. The maximum absolute atomic E-state index is 12.2. The molecule has 9 heteroatoms. The molecule has 9 nitrogen and oxygen atoms in total. The maximum atomic E-state index is 12.2. The lowest BCUT2D eigenvalue weighted by molar-refractivity contribution is -0.393. The maximum Gasteiger partial charge on any atom is 0.299 e. The first-order valence-corrected chi connectivity index (χ1v) is 8.15. The third kappa shape index (κ3) is 5.00. The van der Waals surface area contributed by atoms with E-state index in [2.05, 4.69) is 5.32 Å². The molecule has 0 saturated heterocycles. The minimum atomic E-state index is -0.791. The number of amides is 1. The van der Waals surface area contributed by atoms with Crippen LogP contribution in [0.2, 0.25) is 0 Å². The minimum Gasteiger partial charge on any atom is -0.483 e. The second-order valence-corrected chi connectivity index (χ2v) is 6.25. The molecule has 1 N–H and O–H groups in total. The van der Waals surface area contributed by atoms with Crippen molar-refractivity contribution in [3.05, 3.63) is 67.8 Å². The molecule has 27 heavy (non-hydrogen) atoms. The fraction of sp³-hybridized carbons (Fsp3) is 0.278. The van der Waals surface area contributed by atoms with Gasteiger partial charge in [0.2, 0.25) is 0 Å². The summed E-state index contributed by atoms with van der Waals surface area (Å²) in [6.07, 6.45) is 0. The number of non-ortho nitro benzene ring substituents is 1. The zero-order valence-corrected chi connectivity index (χ0v) is 15.1. The predicted molar refractivity (Wildman–Crippen MR) is 99.1 cm³/mol. The van der Waals surface area contributed by atoms with Crippen molar-refractivity contribution < 1.29 is 19.4 Å². The molecule has 0 spiro atoms. The number of rotatable bonds is 7. The molecule has 0 aromatic heterocycles. The molecule has 0 saturated carbocycles. The number of hydrogen-bond acceptors (Lipinski definition) is 6. The van der Waals surface area contributed by atoms with Gasteiger partial charge in [-0.1, -0.05) is 26.0 Å². The summed E-state index contributed by atoms with van der Waals surface area (Å²) in [7, 11) is 0. The monoisotopic (exact) mass is 373 g/mol. The smallest absolute Gasteiger partial charge is 0.299 e. The Kier molecular flexibility index (Phi) is 6.07. The van der Waals surface area contributed by atoms with Gasteiger partial charge in [0, 0.05) is 6.07 Å². The van der Waals surface area contributed by atoms with Crippen LogP contribution in [-0.2, 0) is 4.79 Å². The molecular formula is C18H19N3O6. The van der Waals surface area contributed by atoms with E-state index < -0.39 is 27.1 Å². The number of ether oxygens (including phenoxy) is 1. The predicted octanol–water partition coefficient (Wildman–Crippen LogP) is 3.95. The van der Waals surface area contributed by atoms with Gasteiger partial charge in [-0.15, -0.1) is 0 Å². The highest BCUT2D eigenvalue weighted by Gasteiger charge is 2.21. The molecule has 0 aliphatic rings. The van der Waals surface area contributed by atoms with E-state index in [1.165, 1.54) is 0 Å². The van der Waals surface area contributed by atoms with Crippen LogP contribution in [-0.4, -0.2) is 22.4 Å². The van der Waals surface area contributed by atoms with Gasteiger partial charge < -0.3 is 10.1 Å². The van der Waals surface area contributed by atoms with E-state index in [1.54, 1.807) is 0 Å². The summed E-state index contributed by atoms with van der Waals surface area (Å²) in [4.78, 5) is 32.5. The van der Waals surface area contributed by atoms with Gasteiger partial charge >= 0.3 is 0 Å². The molecule has 0 aliphatic carbocycles. The Labute approximate surface area is 155 Å². The molecule has 0 bridgehead atoms. The molecule has 2 aromatic rings. The third-order valence-corrected chi connectivity index (χ3v) is 3.81. The Morgan fingerprint density at radius 1 is 1.11 bits per heavy atom. The van der Waals surface area contributed by atoms with Crippen LogP contribution in [0.5, 0.6) is 5.75 Å². The van der Waals surface area contributed by atoms with Crippen LogP contribution in [0.25, 0.3) is 0 Å². The van der Waals surface area contributed by atoms with Gasteiger partial charge in [-0.3, -0.25) is 25.0 Å². The van der Waals surface area contributed by atoms with E-state index in [-0.39, 0.29) is 18.2 Å². The number of nitro benzene ring substituents is 2. The van der Waals surface area contributed by atoms with Crippen molar-refractivity contribution in [1.82, 2.24) is 0 Å². The van der Waals surface area contributed by atoms with Gasteiger partial charge in [-0.25, -0.2) is 0 Å². The molecule has 0 fully saturated rings. The van der Waals surface area contributed by atoms with Crippen molar-refractivity contribution in [2.45, 2.75) is 26.7 Å². The number of carbonyl (C=O) groups excluding carboxylic acids is 1. The normalized spacial score (nSPS) is 10.5. The quantitative estimate of drug-likeness (QED) is 0.578. The molecule has 0 atom stereocenters. The van der Waals surface area contributed by atoms with Crippen LogP contribution >= 0.6 is 0 Å². The standard InChI is InChI=1S/C18H19N3O6/c1-11(2)14-6-4-12(3)8-17(14)27-10-18(22)19-15-7-5-13(20(23)24)9-16(15)21(25)26/h4-9,11H,10H2,1-3H3,(H,19,22). The number of anilines is 1. The molecule has 0 radical (unpaired) electrons. The number of carbonyl (C=O) groups is 1. The van der Waals surface area contributed by atoms with Crippen LogP contribution in [0.4, 0.5) is 17.1 Å². The Bertz CT molecular complexity index is 895. The van der Waals surface area contributed by atoms with Crippen LogP contribution in [0.1, 0.15) is 30.9 Å². The van der Waals surface area contributed by atoms with E-state index in [9.17, 15) is 25.0 Å². The average Bonchev–Trinajstić information content (AvgIpc) is 2.59. The highest BCUT2D eigenvalue weighted by Crippen LogP contribution is 2.30. The number of aryl methyl sites for hydroxylation is 1. The number of nitrogens with zero attached hydrogens (tertiary/aromatic N) is 2. The molecule has 2 rings (SSSR count). The molecule has 0 unspecified atom stereocenters. The zero-order chi connectivity index (χ0) is 20.1. The number of nitro groups is 2. The summed E-state index contributed by atoms with van der Waals surface area (Å²) in [5.41, 5.74) is 0.788. The van der Waals surface area contributed by atoms with E-state index >= 15 is 0 Å².